The van der Waals surface area contributed by atoms with Crippen LogP contribution in [0.15, 0.2) is 65.3 Å². The summed E-state index contributed by atoms with van der Waals surface area (Å²) in [6.07, 6.45) is 1.60. The second kappa shape index (κ2) is 9.44. The van der Waals surface area contributed by atoms with E-state index in [9.17, 15) is 13.6 Å². The first kappa shape index (κ1) is 21.8. The summed E-state index contributed by atoms with van der Waals surface area (Å²) in [5.41, 5.74) is 1.39. The Bertz CT molecular complexity index is 1320. The summed E-state index contributed by atoms with van der Waals surface area (Å²) in [5.74, 6) is -0.750. The normalized spacial score (nSPS) is 14.4. The molecule has 10 heteroatoms. The van der Waals surface area contributed by atoms with E-state index in [1.165, 1.54) is 6.07 Å². The molecule has 0 aliphatic carbocycles. The molecule has 34 heavy (non-hydrogen) atoms. The van der Waals surface area contributed by atoms with Crippen LogP contribution in [-0.4, -0.2) is 52.2 Å². The number of anilines is 1. The third-order valence-electron chi connectivity index (χ3n) is 5.57. The lowest BCUT2D eigenvalue weighted by Gasteiger charge is -2.34. The van der Waals surface area contributed by atoms with Crippen molar-refractivity contribution in [3.05, 3.63) is 78.0 Å². The first-order valence-electron chi connectivity index (χ1n) is 10.8. The Hall–Kier alpha value is -4.05. The van der Waals surface area contributed by atoms with Gasteiger partial charge in [-0.2, -0.15) is 0 Å². The molecule has 1 saturated heterocycles. The molecule has 0 spiro atoms. The average molecular weight is 465 g/mol. The number of hydrogen-bond donors (Lipinski definition) is 1. The number of amides is 2. The number of urea groups is 1. The van der Waals surface area contributed by atoms with Gasteiger partial charge < -0.3 is 14.2 Å². The predicted molar refractivity (Wildman–Crippen MR) is 121 cm³/mol. The van der Waals surface area contributed by atoms with E-state index in [2.05, 4.69) is 20.4 Å². The minimum atomic E-state index is -0.955. The van der Waals surface area contributed by atoms with E-state index in [1.807, 2.05) is 18.2 Å². The van der Waals surface area contributed by atoms with Crippen LogP contribution in [0.5, 0.6) is 11.5 Å². The molecule has 0 unspecified atom stereocenters. The SMILES string of the molecule is O=C(Nc1noc2ncccc12)N1CCN(Cc2cccc(Oc3ccc(F)c(F)c3)c2)CC1. The van der Waals surface area contributed by atoms with Crippen molar-refractivity contribution in [3.8, 4) is 11.5 Å². The van der Waals surface area contributed by atoms with Gasteiger partial charge >= 0.3 is 6.03 Å². The zero-order chi connectivity index (χ0) is 23.5. The van der Waals surface area contributed by atoms with Gasteiger partial charge in [-0.1, -0.05) is 17.3 Å². The van der Waals surface area contributed by atoms with Crippen molar-refractivity contribution in [2.45, 2.75) is 6.54 Å². The number of carbonyl (C=O) groups excluding carboxylic acids is 1. The van der Waals surface area contributed by atoms with E-state index in [-0.39, 0.29) is 11.8 Å². The van der Waals surface area contributed by atoms with Gasteiger partial charge in [0.05, 0.1) is 5.39 Å². The Balaban J connectivity index is 1.15. The Morgan fingerprint density at radius 3 is 2.65 bits per heavy atom. The van der Waals surface area contributed by atoms with Crippen molar-refractivity contribution >= 4 is 22.9 Å². The maximum Gasteiger partial charge on any atom is 0.323 e. The monoisotopic (exact) mass is 465 g/mol. The van der Waals surface area contributed by atoms with Gasteiger partial charge in [0.2, 0.25) is 0 Å². The molecule has 1 aliphatic heterocycles. The van der Waals surface area contributed by atoms with Crippen molar-refractivity contribution in [2.75, 3.05) is 31.5 Å². The van der Waals surface area contributed by atoms with Gasteiger partial charge in [0.1, 0.15) is 11.5 Å². The lowest BCUT2D eigenvalue weighted by molar-refractivity contribution is 0.143. The highest BCUT2D eigenvalue weighted by molar-refractivity contribution is 5.97. The van der Waals surface area contributed by atoms with E-state index >= 15 is 0 Å². The molecule has 2 amide bonds. The highest BCUT2D eigenvalue weighted by Crippen LogP contribution is 2.25. The zero-order valence-corrected chi connectivity index (χ0v) is 18.1. The Morgan fingerprint density at radius 1 is 1.00 bits per heavy atom. The maximum absolute atomic E-state index is 13.4. The van der Waals surface area contributed by atoms with Gasteiger partial charge in [-0.15, -0.1) is 0 Å². The number of aromatic nitrogens is 2. The molecule has 174 valence electrons. The summed E-state index contributed by atoms with van der Waals surface area (Å²) in [6.45, 7) is 3.19. The minimum Gasteiger partial charge on any atom is -0.457 e. The van der Waals surface area contributed by atoms with Gasteiger partial charge in [-0.05, 0) is 42.0 Å². The predicted octanol–water partition coefficient (Wildman–Crippen LogP) is 4.64. The highest BCUT2D eigenvalue weighted by Gasteiger charge is 2.23. The molecule has 1 fully saturated rings. The van der Waals surface area contributed by atoms with E-state index < -0.39 is 11.6 Å². The summed E-state index contributed by atoms with van der Waals surface area (Å²) in [5, 5.41) is 7.34. The van der Waals surface area contributed by atoms with Crippen molar-refractivity contribution in [1.82, 2.24) is 19.9 Å². The van der Waals surface area contributed by atoms with Crippen LogP contribution < -0.4 is 10.1 Å². The van der Waals surface area contributed by atoms with Crippen LogP contribution in [0.4, 0.5) is 19.4 Å². The zero-order valence-electron chi connectivity index (χ0n) is 18.1. The molecular weight excluding hydrogens is 444 g/mol. The molecule has 1 N–H and O–H groups in total. The van der Waals surface area contributed by atoms with Crippen LogP contribution in [0.1, 0.15) is 5.56 Å². The number of pyridine rings is 1. The maximum atomic E-state index is 13.4. The molecule has 2 aromatic heterocycles. The second-order valence-electron chi connectivity index (χ2n) is 7.91. The number of fused-ring (bicyclic) bond motifs is 1. The van der Waals surface area contributed by atoms with Crippen molar-refractivity contribution in [1.29, 1.82) is 0 Å². The highest BCUT2D eigenvalue weighted by atomic mass is 19.2. The molecule has 0 saturated carbocycles. The van der Waals surface area contributed by atoms with Crippen LogP contribution in [0.25, 0.3) is 11.1 Å². The molecule has 0 bridgehead atoms. The van der Waals surface area contributed by atoms with Crippen LogP contribution in [-0.2, 0) is 6.54 Å². The number of rotatable bonds is 5. The smallest absolute Gasteiger partial charge is 0.323 e. The summed E-state index contributed by atoms with van der Waals surface area (Å²) in [7, 11) is 0. The van der Waals surface area contributed by atoms with Gasteiger partial charge in [0.25, 0.3) is 5.71 Å². The van der Waals surface area contributed by atoms with Crippen LogP contribution in [0.3, 0.4) is 0 Å². The number of carbonyl (C=O) groups is 1. The molecule has 8 nitrogen and oxygen atoms in total. The number of hydrogen-bond acceptors (Lipinski definition) is 6. The molecule has 1 aliphatic rings. The van der Waals surface area contributed by atoms with Crippen molar-refractivity contribution < 1.29 is 22.8 Å². The third kappa shape index (κ3) is 4.81. The van der Waals surface area contributed by atoms with E-state index in [0.29, 0.717) is 55.4 Å². The first-order valence-corrected chi connectivity index (χ1v) is 10.8. The first-order chi connectivity index (χ1) is 16.5. The standard InChI is InChI=1S/C24H21F2N5O3/c25-20-7-6-18(14-21(20)26)33-17-4-1-3-16(13-17)15-30-9-11-31(12-10-30)24(32)28-22-19-5-2-8-27-23(19)34-29-22/h1-8,13-14H,9-12,15H2,(H,28,29,32). The van der Waals surface area contributed by atoms with Crippen molar-refractivity contribution in [2.24, 2.45) is 0 Å². The number of nitrogens with one attached hydrogen (secondary N) is 1. The molecular formula is C24H21F2N5O3. The second-order valence-corrected chi connectivity index (χ2v) is 7.91. The topological polar surface area (TPSA) is 83.7 Å². The molecule has 3 heterocycles. The van der Waals surface area contributed by atoms with Crippen molar-refractivity contribution in [3.63, 3.8) is 0 Å². The molecule has 4 aromatic rings. The lowest BCUT2D eigenvalue weighted by Crippen LogP contribution is -2.49. The Kier molecular flexibility index (Phi) is 6.05. The van der Waals surface area contributed by atoms with Gasteiger partial charge in [-0.25, -0.2) is 18.6 Å². The molecule has 2 aromatic carbocycles. The van der Waals surface area contributed by atoms with Crippen LogP contribution in [0, 0.1) is 11.6 Å². The number of halogens is 2. The Labute approximate surface area is 193 Å². The fourth-order valence-electron chi connectivity index (χ4n) is 3.80. The molecule has 0 atom stereocenters. The third-order valence-corrected chi connectivity index (χ3v) is 5.57. The lowest BCUT2D eigenvalue weighted by atomic mass is 10.2. The molecule has 5 rings (SSSR count). The quantitative estimate of drug-likeness (QED) is 0.462. The van der Waals surface area contributed by atoms with E-state index in [0.717, 1.165) is 17.7 Å². The largest absolute Gasteiger partial charge is 0.457 e. The number of ether oxygens (including phenoxy) is 1. The van der Waals surface area contributed by atoms with E-state index in [4.69, 9.17) is 9.26 Å². The van der Waals surface area contributed by atoms with Gasteiger partial charge in [0, 0.05) is 45.0 Å². The average Bonchev–Trinajstić information content (AvgIpc) is 3.25. The summed E-state index contributed by atoms with van der Waals surface area (Å²) >= 11 is 0. The summed E-state index contributed by atoms with van der Waals surface area (Å²) < 4.78 is 37.3. The molecule has 0 radical (unpaired) electrons. The Morgan fingerprint density at radius 2 is 1.82 bits per heavy atom. The van der Waals surface area contributed by atoms with Gasteiger partial charge in [0.15, 0.2) is 17.5 Å². The van der Waals surface area contributed by atoms with Crippen LogP contribution >= 0.6 is 0 Å². The fourth-order valence-corrected chi connectivity index (χ4v) is 3.80. The summed E-state index contributed by atoms with van der Waals surface area (Å²) in [6, 6.07) is 14.2. The van der Waals surface area contributed by atoms with Gasteiger partial charge in [-0.3, -0.25) is 10.2 Å². The minimum absolute atomic E-state index is 0.228. The number of nitrogens with zero attached hydrogens (tertiary/aromatic N) is 4. The van der Waals surface area contributed by atoms with E-state index in [1.54, 1.807) is 29.3 Å². The number of benzene rings is 2. The van der Waals surface area contributed by atoms with Crippen LogP contribution in [0.2, 0.25) is 0 Å². The summed E-state index contributed by atoms with van der Waals surface area (Å²) in [4.78, 5) is 20.7. The number of piperazine rings is 1. The fraction of sp³-hybridized carbons (Fsp3) is 0.208.